The molecule has 0 saturated carbocycles. The third-order valence-corrected chi connectivity index (χ3v) is 6.95. The number of hydrogen-bond acceptors (Lipinski definition) is 4. The van der Waals surface area contributed by atoms with Crippen LogP contribution in [0.2, 0.25) is 5.02 Å². The van der Waals surface area contributed by atoms with Crippen LogP contribution in [0.1, 0.15) is 27.0 Å². The van der Waals surface area contributed by atoms with Crippen LogP contribution in [0.5, 0.6) is 0 Å². The molecule has 0 spiro atoms. The van der Waals surface area contributed by atoms with Gasteiger partial charge in [0.2, 0.25) is 0 Å². The van der Waals surface area contributed by atoms with Crippen molar-refractivity contribution in [3.05, 3.63) is 125 Å². The minimum Gasteiger partial charge on any atom is -0.348 e. The van der Waals surface area contributed by atoms with Gasteiger partial charge in [-0.15, -0.1) is 0 Å². The number of benzene rings is 3. The zero-order valence-electron chi connectivity index (χ0n) is 18.9. The van der Waals surface area contributed by atoms with Gasteiger partial charge in [0.15, 0.2) is 5.16 Å². The Morgan fingerprint density at radius 2 is 1.63 bits per heavy atom. The summed E-state index contributed by atoms with van der Waals surface area (Å²) in [6.07, 6.45) is 3.61. The number of amides is 1. The van der Waals surface area contributed by atoms with E-state index in [1.807, 2.05) is 91.1 Å². The first-order chi connectivity index (χ1) is 17.2. The molecule has 5 rings (SSSR count). The third kappa shape index (κ3) is 5.73. The molecule has 0 radical (unpaired) electrons. The highest BCUT2D eigenvalue weighted by Gasteiger charge is 2.13. The quantitative estimate of drug-likeness (QED) is 0.253. The van der Waals surface area contributed by atoms with Crippen LogP contribution in [-0.2, 0) is 18.8 Å². The van der Waals surface area contributed by atoms with Gasteiger partial charge in [0.05, 0.1) is 23.8 Å². The zero-order chi connectivity index (χ0) is 24.0. The smallest absolute Gasteiger partial charge is 0.251 e. The lowest BCUT2D eigenvalue weighted by molar-refractivity contribution is 0.0951. The van der Waals surface area contributed by atoms with Gasteiger partial charge >= 0.3 is 0 Å². The fourth-order valence-electron chi connectivity index (χ4n) is 3.76. The molecule has 2 aromatic heterocycles. The lowest BCUT2D eigenvalue weighted by Gasteiger charge is -2.10. The van der Waals surface area contributed by atoms with E-state index >= 15 is 0 Å². The lowest BCUT2D eigenvalue weighted by atomic mass is 10.1. The van der Waals surface area contributed by atoms with E-state index in [0.29, 0.717) is 18.7 Å². The monoisotopic (exact) mass is 498 g/mol. The summed E-state index contributed by atoms with van der Waals surface area (Å²) in [5, 5.41) is 4.63. The third-order valence-electron chi connectivity index (χ3n) is 5.65. The molecule has 0 aliphatic heterocycles. The van der Waals surface area contributed by atoms with E-state index in [9.17, 15) is 4.79 Å². The van der Waals surface area contributed by atoms with E-state index in [1.54, 1.807) is 18.0 Å². The minimum atomic E-state index is -0.0862. The van der Waals surface area contributed by atoms with Gasteiger partial charge in [-0.05, 0) is 47.0 Å². The average molecular weight is 499 g/mol. The van der Waals surface area contributed by atoms with Crippen LogP contribution in [0.25, 0.3) is 11.0 Å². The van der Waals surface area contributed by atoms with Gasteiger partial charge in [0, 0.05) is 29.1 Å². The normalized spacial score (nSPS) is 11.0. The summed E-state index contributed by atoms with van der Waals surface area (Å²) in [7, 11) is 0. The Morgan fingerprint density at radius 1 is 0.886 bits per heavy atom. The predicted molar refractivity (Wildman–Crippen MR) is 142 cm³/mol. The second kappa shape index (κ2) is 10.8. The molecule has 35 heavy (non-hydrogen) atoms. The van der Waals surface area contributed by atoms with Crippen molar-refractivity contribution in [3.8, 4) is 0 Å². The number of thioether (sulfide) groups is 1. The Labute approximate surface area is 213 Å². The van der Waals surface area contributed by atoms with Gasteiger partial charge in [0.25, 0.3) is 5.91 Å². The molecule has 174 valence electrons. The maximum Gasteiger partial charge on any atom is 0.251 e. The van der Waals surface area contributed by atoms with Crippen molar-refractivity contribution in [2.24, 2.45) is 0 Å². The fourth-order valence-corrected chi connectivity index (χ4v) is 4.86. The molecule has 5 nitrogen and oxygen atoms in total. The van der Waals surface area contributed by atoms with Gasteiger partial charge in [-0.25, -0.2) is 4.98 Å². The molecular weight excluding hydrogens is 476 g/mol. The Balaban J connectivity index is 1.30. The largest absolute Gasteiger partial charge is 0.348 e. The summed E-state index contributed by atoms with van der Waals surface area (Å²) in [4.78, 5) is 21.7. The summed E-state index contributed by atoms with van der Waals surface area (Å²) in [6.45, 7) is 1.14. The average Bonchev–Trinajstić information content (AvgIpc) is 3.25. The molecule has 7 heteroatoms. The number of rotatable bonds is 8. The van der Waals surface area contributed by atoms with Crippen molar-refractivity contribution in [2.75, 3.05) is 0 Å². The first-order valence-electron chi connectivity index (χ1n) is 11.2. The van der Waals surface area contributed by atoms with Crippen LogP contribution in [0.15, 0.2) is 102 Å². The van der Waals surface area contributed by atoms with Crippen molar-refractivity contribution < 1.29 is 4.79 Å². The highest BCUT2D eigenvalue weighted by atomic mass is 35.5. The molecule has 0 fully saturated rings. The van der Waals surface area contributed by atoms with E-state index < -0.39 is 0 Å². The Hall–Kier alpha value is -3.61. The number of hydrogen-bond donors (Lipinski definition) is 1. The van der Waals surface area contributed by atoms with Gasteiger partial charge < -0.3 is 9.88 Å². The molecule has 0 unspecified atom stereocenters. The van der Waals surface area contributed by atoms with Gasteiger partial charge in [-0.2, -0.15) is 0 Å². The van der Waals surface area contributed by atoms with E-state index in [-0.39, 0.29) is 5.91 Å². The summed E-state index contributed by atoms with van der Waals surface area (Å²) in [6, 6.07) is 27.4. The lowest BCUT2D eigenvalue weighted by Crippen LogP contribution is -2.22. The standard InChI is InChI=1S/C28H23ClN4OS/c29-24-12-8-22(9-13-24)19-35-28-32-25-14-15-30-17-26(25)33(28)18-21-6-10-23(11-7-21)27(34)31-16-20-4-2-1-3-5-20/h1-15,17H,16,18-19H2,(H,31,34). The first kappa shape index (κ1) is 23.1. The van der Waals surface area contributed by atoms with Crippen LogP contribution in [-0.4, -0.2) is 20.4 Å². The summed E-state index contributed by atoms with van der Waals surface area (Å²) in [5.74, 6) is 0.700. The van der Waals surface area contributed by atoms with Gasteiger partial charge in [-0.3, -0.25) is 9.78 Å². The number of carbonyl (C=O) groups is 1. The van der Waals surface area contributed by atoms with Gasteiger partial charge in [0.1, 0.15) is 0 Å². The van der Waals surface area contributed by atoms with E-state index in [0.717, 1.165) is 38.1 Å². The van der Waals surface area contributed by atoms with E-state index in [2.05, 4.69) is 14.9 Å². The number of fused-ring (bicyclic) bond motifs is 1. The molecule has 3 aromatic carbocycles. The molecule has 2 heterocycles. The van der Waals surface area contributed by atoms with Gasteiger partial charge in [-0.1, -0.05) is 78.0 Å². The molecular formula is C28H23ClN4OS. The van der Waals surface area contributed by atoms with Crippen LogP contribution in [0, 0.1) is 0 Å². The molecule has 0 aliphatic carbocycles. The highest BCUT2D eigenvalue weighted by molar-refractivity contribution is 7.98. The maximum absolute atomic E-state index is 12.6. The Morgan fingerprint density at radius 3 is 2.40 bits per heavy atom. The van der Waals surface area contributed by atoms with Crippen LogP contribution in [0.3, 0.4) is 0 Å². The number of imidazole rings is 1. The van der Waals surface area contributed by atoms with Crippen LogP contribution >= 0.6 is 23.4 Å². The van der Waals surface area contributed by atoms with Crippen LogP contribution < -0.4 is 5.32 Å². The number of nitrogens with zero attached hydrogens (tertiary/aromatic N) is 3. The molecule has 5 aromatic rings. The predicted octanol–water partition coefficient (Wildman–Crippen LogP) is 6.36. The second-order valence-corrected chi connectivity index (χ2v) is 9.50. The molecule has 0 bridgehead atoms. The van der Waals surface area contributed by atoms with Crippen molar-refractivity contribution in [2.45, 2.75) is 24.0 Å². The van der Waals surface area contributed by atoms with E-state index in [4.69, 9.17) is 16.6 Å². The summed E-state index contributed by atoms with van der Waals surface area (Å²) < 4.78 is 2.17. The number of nitrogens with one attached hydrogen (secondary N) is 1. The Kier molecular flexibility index (Phi) is 7.12. The number of aromatic nitrogens is 3. The van der Waals surface area contributed by atoms with E-state index in [1.165, 1.54) is 5.56 Å². The molecule has 1 amide bonds. The highest BCUT2D eigenvalue weighted by Crippen LogP contribution is 2.28. The Bertz CT molecular complexity index is 1430. The number of pyridine rings is 1. The summed E-state index contributed by atoms with van der Waals surface area (Å²) >= 11 is 7.70. The molecule has 1 N–H and O–H groups in total. The number of carbonyl (C=O) groups excluding carboxylic acids is 1. The molecule has 0 aliphatic rings. The van der Waals surface area contributed by atoms with Crippen molar-refractivity contribution in [1.29, 1.82) is 0 Å². The zero-order valence-corrected chi connectivity index (χ0v) is 20.5. The second-order valence-electron chi connectivity index (χ2n) is 8.13. The van der Waals surface area contributed by atoms with Crippen molar-refractivity contribution in [1.82, 2.24) is 19.9 Å². The minimum absolute atomic E-state index is 0.0862. The maximum atomic E-state index is 12.6. The summed E-state index contributed by atoms with van der Waals surface area (Å²) in [5.41, 5.74) is 5.87. The fraction of sp³-hybridized carbons (Fsp3) is 0.107. The van der Waals surface area contributed by atoms with Crippen molar-refractivity contribution in [3.63, 3.8) is 0 Å². The topological polar surface area (TPSA) is 59.8 Å². The SMILES string of the molecule is O=C(NCc1ccccc1)c1ccc(Cn2c(SCc3ccc(Cl)cc3)nc3ccncc32)cc1. The molecule has 0 saturated heterocycles. The molecule has 0 atom stereocenters. The first-order valence-corrected chi connectivity index (χ1v) is 12.6. The van der Waals surface area contributed by atoms with Crippen LogP contribution in [0.4, 0.5) is 0 Å². The number of halogens is 1. The van der Waals surface area contributed by atoms with Crippen molar-refractivity contribution >= 4 is 40.3 Å².